The number of esters is 1. The van der Waals surface area contributed by atoms with Crippen LogP contribution in [0.1, 0.15) is 18.5 Å². The number of nitrogens with one attached hydrogen (secondary N) is 2. The van der Waals surface area contributed by atoms with Gasteiger partial charge in [0.25, 0.3) is 0 Å². The fourth-order valence-electron chi connectivity index (χ4n) is 2.20. The van der Waals surface area contributed by atoms with E-state index in [1.807, 2.05) is 30.3 Å². The largest absolute Gasteiger partial charge is 0.504 e. The zero-order chi connectivity index (χ0) is 18.2. The summed E-state index contributed by atoms with van der Waals surface area (Å²) < 4.78 is 9.98. The van der Waals surface area contributed by atoms with Gasteiger partial charge in [-0.2, -0.15) is 0 Å². The van der Waals surface area contributed by atoms with E-state index in [0.717, 1.165) is 5.56 Å². The molecule has 7 heteroatoms. The zero-order valence-electron chi connectivity index (χ0n) is 14.0. The van der Waals surface area contributed by atoms with Crippen molar-refractivity contribution >= 4 is 17.7 Å². The Balaban J connectivity index is 2.05. The molecule has 0 spiro atoms. The van der Waals surface area contributed by atoms with Crippen LogP contribution >= 0.6 is 0 Å². The van der Waals surface area contributed by atoms with Crippen LogP contribution in [-0.2, 0) is 9.53 Å². The molecule has 1 unspecified atom stereocenters. The summed E-state index contributed by atoms with van der Waals surface area (Å²) >= 11 is 0. The SMILES string of the molecule is COc1ccc(NC(=O)NC(COC(C)=O)c2ccccc2)cc1O. The zero-order valence-corrected chi connectivity index (χ0v) is 14.0. The predicted octanol–water partition coefficient (Wildman–Crippen LogP) is 2.83. The highest BCUT2D eigenvalue weighted by Gasteiger charge is 2.16. The van der Waals surface area contributed by atoms with Gasteiger partial charge in [-0.15, -0.1) is 0 Å². The van der Waals surface area contributed by atoms with Gasteiger partial charge in [-0.05, 0) is 17.7 Å². The van der Waals surface area contributed by atoms with Crippen LogP contribution in [0.5, 0.6) is 11.5 Å². The van der Waals surface area contributed by atoms with Gasteiger partial charge in [-0.25, -0.2) is 4.79 Å². The molecule has 2 amide bonds. The van der Waals surface area contributed by atoms with Crippen LogP contribution in [0.25, 0.3) is 0 Å². The quantitative estimate of drug-likeness (QED) is 0.700. The molecule has 7 nitrogen and oxygen atoms in total. The van der Waals surface area contributed by atoms with E-state index >= 15 is 0 Å². The molecule has 25 heavy (non-hydrogen) atoms. The first-order valence-electron chi connectivity index (χ1n) is 7.62. The number of benzene rings is 2. The van der Waals surface area contributed by atoms with Crippen LogP contribution < -0.4 is 15.4 Å². The molecule has 0 fully saturated rings. The minimum atomic E-state index is -0.503. The number of aromatic hydroxyl groups is 1. The standard InChI is InChI=1S/C18H20N2O5/c1-12(21)25-11-15(13-6-4-3-5-7-13)20-18(23)19-14-8-9-17(24-2)16(22)10-14/h3-10,15,22H,11H2,1-2H3,(H2,19,20,23). The van der Waals surface area contributed by atoms with Crippen LogP contribution in [0.15, 0.2) is 48.5 Å². The van der Waals surface area contributed by atoms with Crippen LogP contribution in [0.2, 0.25) is 0 Å². The van der Waals surface area contributed by atoms with Crippen LogP contribution in [0.4, 0.5) is 10.5 Å². The molecule has 0 bridgehead atoms. The van der Waals surface area contributed by atoms with Gasteiger partial charge in [0.15, 0.2) is 11.5 Å². The van der Waals surface area contributed by atoms with E-state index in [9.17, 15) is 14.7 Å². The van der Waals surface area contributed by atoms with Crippen LogP contribution in [0, 0.1) is 0 Å². The highest BCUT2D eigenvalue weighted by atomic mass is 16.5. The molecule has 0 aromatic heterocycles. The number of carbonyl (C=O) groups is 2. The van der Waals surface area contributed by atoms with Crippen molar-refractivity contribution in [2.24, 2.45) is 0 Å². The topological polar surface area (TPSA) is 96.9 Å². The fraction of sp³-hybridized carbons (Fsp3) is 0.222. The Hall–Kier alpha value is -3.22. The number of phenols is 1. The number of amides is 2. The van der Waals surface area contributed by atoms with E-state index in [0.29, 0.717) is 11.4 Å². The van der Waals surface area contributed by atoms with Crippen molar-refractivity contribution in [1.82, 2.24) is 5.32 Å². The molecule has 1 atom stereocenters. The second-order valence-corrected chi connectivity index (χ2v) is 5.25. The molecule has 2 rings (SSSR count). The van der Waals surface area contributed by atoms with Crippen LogP contribution in [-0.4, -0.2) is 30.8 Å². The number of methoxy groups -OCH3 is 1. The summed E-state index contributed by atoms with van der Waals surface area (Å²) in [5.74, 6) is -0.203. The van der Waals surface area contributed by atoms with E-state index in [1.54, 1.807) is 12.1 Å². The molecule has 3 N–H and O–H groups in total. The first kappa shape index (κ1) is 18.1. The van der Waals surface area contributed by atoms with Gasteiger partial charge < -0.3 is 25.2 Å². The molecule has 0 saturated carbocycles. The maximum Gasteiger partial charge on any atom is 0.319 e. The Morgan fingerprint density at radius 1 is 1.16 bits per heavy atom. The van der Waals surface area contributed by atoms with E-state index in [-0.39, 0.29) is 12.4 Å². The average Bonchev–Trinajstić information content (AvgIpc) is 2.59. The number of rotatable bonds is 6. The number of phenolic OH excluding ortho intramolecular Hbond substituents is 1. The molecule has 0 aliphatic rings. The van der Waals surface area contributed by atoms with Crippen molar-refractivity contribution in [3.05, 3.63) is 54.1 Å². The number of ether oxygens (including phenoxy) is 2. The maximum absolute atomic E-state index is 12.2. The van der Waals surface area contributed by atoms with Crippen LogP contribution in [0.3, 0.4) is 0 Å². The lowest BCUT2D eigenvalue weighted by Crippen LogP contribution is -2.35. The number of urea groups is 1. The van der Waals surface area contributed by atoms with Crippen molar-refractivity contribution in [2.45, 2.75) is 13.0 Å². The second kappa shape index (κ2) is 8.58. The van der Waals surface area contributed by atoms with Crippen molar-refractivity contribution in [2.75, 3.05) is 19.0 Å². The summed E-state index contributed by atoms with van der Waals surface area (Å²) in [4.78, 5) is 23.3. The lowest BCUT2D eigenvalue weighted by atomic mass is 10.1. The number of anilines is 1. The molecule has 0 aliphatic carbocycles. The minimum absolute atomic E-state index is 0.0145. The molecule has 0 radical (unpaired) electrons. The van der Waals surface area contributed by atoms with Gasteiger partial charge in [0.05, 0.1) is 13.2 Å². The Labute approximate surface area is 145 Å². The molecule has 2 aromatic rings. The molecule has 2 aromatic carbocycles. The van der Waals surface area contributed by atoms with Gasteiger partial charge in [0, 0.05) is 18.7 Å². The third-order valence-electron chi connectivity index (χ3n) is 3.40. The first-order chi connectivity index (χ1) is 12.0. The van der Waals surface area contributed by atoms with E-state index in [4.69, 9.17) is 9.47 Å². The second-order valence-electron chi connectivity index (χ2n) is 5.25. The van der Waals surface area contributed by atoms with Crippen molar-refractivity contribution in [3.8, 4) is 11.5 Å². The summed E-state index contributed by atoms with van der Waals surface area (Å²) in [5, 5.41) is 15.1. The minimum Gasteiger partial charge on any atom is -0.504 e. The Bertz CT molecular complexity index is 734. The number of hydrogen-bond acceptors (Lipinski definition) is 5. The Kier molecular flexibility index (Phi) is 6.22. The molecular weight excluding hydrogens is 324 g/mol. The number of carbonyl (C=O) groups excluding carboxylic acids is 2. The molecule has 0 heterocycles. The fourth-order valence-corrected chi connectivity index (χ4v) is 2.20. The van der Waals surface area contributed by atoms with Crippen molar-refractivity contribution in [1.29, 1.82) is 0 Å². The summed E-state index contributed by atoms with van der Waals surface area (Å²) in [6, 6.07) is 12.7. The summed E-state index contributed by atoms with van der Waals surface area (Å²) in [5.41, 5.74) is 1.20. The smallest absolute Gasteiger partial charge is 0.319 e. The highest BCUT2D eigenvalue weighted by molar-refractivity contribution is 5.90. The third-order valence-corrected chi connectivity index (χ3v) is 3.40. The van der Waals surface area contributed by atoms with E-state index in [1.165, 1.54) is 20.1 Å². The normalized spacial score (nSPS) is 11.3. The lowest BCUT2D eigenvalue weighted by molar-refractivity contribution is -0.141. The van der Waals surface area contributed by atoms with Gasteiger partial charge in [0.2, 0.25) is 0 Å². The monoisotopic (exact) mass is 344 g/mol. The van der Waals surface area contributed by atoms with Crippen molar-refractivity contribution in [3.63, 3.8) is 0 Å². The Morgan fingerprint density at radius 3 is 2.48 bits per heavy atom. The molecule has 0 aliphatic heterocycles. The van der Waals surface area contributed by atoms with Gasteiger partial charge in [-0.3, -0.25) is 4.79 Å². The van der Waals surface area contributed by atoms with Gasteiger partial charge >= 0.3 is 12.0 Å². The lowest BCUT2D eigenvalue weighted by Gasteiger charge is -2.19. The summed E-state index contributed by atoms with van der Waals surface area (Å²) in [6.45, 7) is 1.32. The average molecular weight is 344 g/mol. The third kappa shape index (κ3) is 5.42. The molecule has 0 saturated heterocycles. The maximum atomic E-state index is 12.2. The van der Waals surface area contributed by atoms with E-state index in [2.05, 4.69) is 10.6 Å². The molecule has 132 valence electrons. The van der Waals surface area contributed by atoms with Gasteiger partial charge in [0.1, 0.15) is 6.61 Å². The molecular formula is C18H20N2O5. The highest BCUT2D eigenvalue weighted by Crippen LogP contribution is 2.28. The first-order valence-corrected chi connectivity index (χ1v) is 7.62. The predicted molar refractivity (Wildman–Crippen MR) is 92.6 cm³/mol. The summed E-state index contributed by atoms with van der Waals surface area (Å²) in [6.07, 6.45) is 0. The van der Waals surface area contributed by atoms with Gasteiger partial charge in [-0.1, -0.05) is 30.3 Å². The van der Waals surface area contributed by atoms with E-state index < -0.39 is 18.0 Å². The van der Waals surface area contributed by atoms with Crippen molar-refractivity contribution < 1.29 is 24.2 Å². The summed E-state index contributed by atoms with van der Waals surface area (Å²) in [7, 11) is 1.44. The Morgan fingerprint density at radius 2 is 1.88 bits per heavy atom. The number of hydrogen-bond donors (Lipinski definition) is 3.